The van der Waals surface area contributed by atoms with Crippen molar-refractivity contribution in [2.45, 2.75) is 6.54 Å². The van der Waals surface area contributed by atoms with E-state index in [-0.39, 0.29) is 5.82 Å². The summed E-state index contributed by atoms with van der Waals surface area (Å²) in [5, 5.41) is 0.920. The molecule has 0 amide bonds. The Hall–Kier alpha value is -2.98. The van der Waals surface area contributed by atoms with Crippen molar-refractivity contribution in [3.05, 3.63) is 78.4 Å². The van der Waals surface area contributed by atoms with Gasteiger partial charge in [0.25, 0.3) is 0 Å². The minimum atomic E-state index is -0.244. The van der Waals surface area contributed by atoms with Crippen molar-refractivity contribution in [2.24, 2.45) is 5.73 Å². The number of nitrogens with one attached hydrogen (secondary N) is 1. The molecule has 0 saturated carbocycles. The molecule has 0 radical (unpaired) electrons. The zero-order valence-corrected chi connectivity index (χ0v) is 13.0. The molecular formula is C20H16FN3. The fraction of sp³-hybridized carbons (Fsp3) is 0.0500. The molecule has 0 atom stereocenters. The second kappa shape index (κ2) is 5.91. The first-order valence-corrected chi connectivity index (χ1v) is 7.78. The van der Waals surface area contributed by atoms with Crippen molar-refractivity contribution in [1.29, 1.82) is 0 Å². The molecular weight excluding hydrogens is 301 g/mol. The summed E-state index contributed by atoms with van der Waals surface area (Å²) in [7, 11) is 0. The van der Waals surface area contributed by atoms with Crippen molar-refractivity contribution >= 4 is 11.0 Å². The van der Waals surface area contributed by atoms with Crippen LogP contribution in [0, 0.1) is 5.82 Å². The van der Waals surface area contributed by atoms with E-state index in [4.69, 9.17) is 5.73 Å². The molecule has 4 aromatic rings. The lowest BCUT2D eigenvalue weighted by atomic mass is 9.97. The van der Waals surface area contributed by atoms with E-state index >= 15 is 0 Å². The Labute approximate surface area is 139 Å². The minimum absolute atomic E-state index is 0.244. The quantitative estimate of drug-likeness (QED) is 0.585. The summed E-state index contributed by atoms with van der Waals surface area (Å²) >= 11 is 0. The summed E-state index contributed by atoms with van der Waals surface area (Å²) in [5.41, 5.74) is 10.9. The van der Waals surface area contributed by atoms with Gasteiger partial charge in [-0.2, -0.15) is 0 Å². The van der Waals surface area contributed by atoms with Crippen LogP contribution in [0.15, 0.2) is 67.0 Å². The van der Waals surface area contributed by atoms with Crippen LogP contribution in [0.5, 0.6) is 0 Å². The Morgan fingerprint density at radius 1 is 0.917 bits per heavy atom. The maximum Gasteiger partial charge on any atom is 0.138 e. The van der Waals surface area contributed by atoms with E-state index in [1.807, 2.05) is 42.6 Å². The van der Waals surface area contributed by atoms with Gasteiger partial charge in [0, 0.05) is 35.5 Å². The Bertz CT molecular complexity index is 1000. The second-order valence-corrected chi connectivity index (χ2v) is 5.67. The molecule has 24 heavy (non-hydrogen) atoms. The molecule has 3 nitrogen and oxygen atoms in total. The van der Waals surface area contributed by atoms with Crippen molar-refractivity contribution in [1.82, 2.24) is 9.97 Å². The summed E-state index contributed by atoms with van der Waals surface area (Å²) in [5.74, 6) is -0.244. The predicted molar refractivity (Wildman–Crippen MR) is 94.8 cm³/mol. The molecule has 0 bridgehead atoms. The highest BCUT2D eigenvalue weighted by atomic mass is 19.1. The SMILES string of the molecule is NCc1ccc(-c2ccnc3[nH]cc(-c4ccccc4F)c23)cc1. The van der Waals surface area contributed by atoms with E-state index in [9.17, 15) is 4.39 Å². The normalized spacial score (nSPS) is 11.1. The molecule has 0 spiro atoms. The molecule has 118 valence electrons. The van der Waals surface area contributed by atoms with E-state index in [0.717, 1.165) is 33.3 Å². The number of aromatic amines is 1. The van der Waals surface area contributed by atoms with Crippen LogP contribution in [0.1, 0.15) is 5.56 Å². The number of H-pyrrole nitrogens is 1. The van der Waals surface area contributed by atoms with Crippen molar-refractivity contribution in [3.8, 4) is 22.3 Å². The third-order valence-corrected chi connectivity index (χ3v) is 4.24. The number of hydrogen-bond donors (Lipinski definition) is 2. The van der Waals surface area contributed by atoms with Gasteiger partial charge in [-0.25, -0.2) is 9.37 Å². The van der Waals surface area contributed by atoms with E-state index in [0.29, 0.717) is 12.1 Å². The van der Waals surface area contributed by atoms with Crippen LogP contribution >= 0.6 is 0 Å². The lowest BCUT2D eigenvalue weighted by Gasteiger charge is -2.08. The molecule has 2 aromatic heterocycles. The Balaban J connectivity index is 1.96. The largest absolute Gasteiger partial charge is 0.345 e. The van der Waals surface area contributed by atoms with Gasteiger partial charge in [-0.15, -0.1) is 0 Å². The van der Waals surface area contributed by atoms with Crippen LogP contribution < -0.4 is 5.73 Å². The van der Waals surface area contributed by atoms with E-state index in [1.54, 1.807) is 18.3 Å². The summed E-state index contributed by atoms with van der Waals surface area (Å²) < 4.78 is 14.3. The number of fused-ring (bicyclic) bond motifs is 1. The van der Waals surface area contributed by atoms with Crippen molar-refractivity contribution < 1.29 is 4.39 Å². The lowest BCUT2D eigenvalue weighted by Crippen LogP contribution is -1.95. The standard InChI is InChI=1S/C20H16FN3/c21-18-4-2-1-3-16(18)17-12-24-20-19(17)15(9-10-23-20)14-7-5-13(11-22)6-8-14/h1-10,12H,11,22H2,(H,23,24). The molecule has 0 saturated heterocycles. The third-order valence-electron chi connectivity index (χ3n) is 4.24. The van der Waals surface area contributed by atoms with Gasteiger partial charge in [0.05, 0.1) is 0 Å². The van der Waals surface area contributed by atoms with Gasteiger partial charge in [0.15, 0.2) is 0 Å². The third kappa shape index (κ3) is 2.37. The topological polar surface area (TPSA) is 54.7 Å². The molecule has 0 fully saturated rings. The van der Waals surface area contributed by atoms with Gasteiger partial charge >= 0.3 is 0 Å². The van der Waals surface area contributed by atoms with Crippen LogP contribution in [0.4, 0.5) is 4.39 Å². The van der Waals surface area contributed by atoms with Gasteiger partial charge in [-0.05, 0) is 28.8 Å². The number of aromatic nitrogens is 2. The van der Waals surface area contributed by atoms with E-state index < -0.39 is 0 Å². The van der Waals surface area contributed by atoms with E-state index in [1.165, 1.54) is 6.07 Å². The maximum absolute atomic E-state index is 14.3. The Kier molecular flexibility index (Phi) is 3.59. The van der Waals surface area contributed by atoms with Crippen LogP contribution in [-0.4, -0.2) is 9.97 Å². The zero-order chi connectivity index (χ0) is 16.5. The lowest BCUT2D eigenvalue weighted by molar-refractivity contribution is 0.631. The van der Waals surface area contributed by atoms with Crippen LogP contribution in [0.25, 0.3) is 33.3 Å². The monoisotopic (exact) mass is 317 g/mol. The average molecular weight is 317 g/mol. The fourth-order valence-electron chi connectivity index (χ4n) is 3.01. The predicted octanol–water partition coefficient (Wildman–Crippen LogP) is 4.49. The van der Waals surface area contributed by atoms with Crippen molar-refractivity contribution in [3.63, 3.8) is 0 Å². The number of rotatable bonds is 3. The smallest absolute Gasteiger partial charge is 0.138 e. The zero-order valence-electron chi connectivity index (χ0n) is 13.0. The summed E-state index contributed by atoms with van der Waals surface area (Å²) in [4.78, 5) is 7.53. The molecule has 4 rings (SSSR count). The molecule has 2 aromatic carbocycles. The van der Waals surface area contributed by atoms with Gasteiger partial charge in [-0.1, -0.05) is 42.5 Å². The number of benzene rings is 2. The van der Waals surface area contributed by atoms with Crippen LogP contribution in [0.3, 0.4) is 0 Å². The van der Waals surface area contributed by atoms with Gasteiger partial charge < -0.3 is 10.7 Å². The molecule has 3 N–H and O–H groups in total. The maximum atomic E-state index is 14.3. The number of nitrogens with zero attached hydrogens (tertiary/aromatic N) is 1. The van der Waals surface area contributed by atoms with E-state index in [2.05, 4.69) is 9.97 Å². The summed E-state index contributed by atoms with van der Waals surface area (Å²) in [6.45, 7) is 0.511. The highest BCUT2D eigenvalue weighted by Gasteiger charge is 2.15. The Morgan fingerprint density at radius 3 is 2.46 bits per heavy atom. The molecule has 0 unspecified atom stereocenters. The first-order chi connectivity index (χ1) is 11.8. The Morgan fingerprint density at radius 2 is 1.71 bits per heavy atom. The first-order valence-electron chi connectivity index (χ1n) is 7.78. The minimum Gasteiger partial charge on any atom is -0.345 e. The van der Waals surface area contributed by atoms with Crippen LogP contribution in [-0.2, 0) is 6.54 Å². The summed E-state index contributed by atoms with van der Waals surface area (Å²) in [6, 6.07) is 16.8. The number of nitrogens with two attached hydrogens (primary N) is 1. The summed E-state index contributed by atoms with van der Waals surface area (Å²) in [6.07, 6.45) is 3.57. The average Bonchev–Trinajstić information content (AvgIpc) is 3.06. The van der Waals surface area contributed by atoms with Crippen LogP contribution in [0.2, 0.25) is 0 Å². The number of hydrogen-bond acceptors (Lipinski definition) is 2. The first kappa shape index (κ1) is 14.6. The van der Waals surface area contributed by atoms with Gasteiger partial charge in [-0.3, -0.25) is 0 Å². The fourth-order valence-corrected chi connectivity index (χ4v) is 3.01. The second-order valence-electron chi connectivity index (χ2n) is 5.67. The number of pyridine rings is 1. The molecule has 4 heteroatoms. The molecule has 2 heterocycles. The molecule has 0 aliphatic rings. The highest BCUT2D eigenvalue weighted by Crippen LogP contribution is 2.36. The van der Waals surface area contributed by atoms with Gasteiger partial charge in [0.2, 0.25) is 0 Å². The van der Waals surface area contributed by atoms with Gasteiger partial charge in [0.1, 0.15) is 11.5 Å². The molecule has 0 aliphatic heterocycles. The van der Waals surface area contributed by atoms with Crippen molar-refractivity contribution in [2.75, 3.05) is 0 Å². The number of halogens is 1. The highest BCUT2D eigenvalue weighted by molar-refractivity contribution is 6.04. The molecule has 0 aliphatic carbocycles.